The molecule has 0 amide bonds. The summed E-state index contributed by atoms with van der Waals surface area (Å²) in [6, 6.07) is 9.47. The molecule has 2 aliphatic rings. The Balaban J connectivity index is 1.33. The molecule has 5 nitrogen and oxygen atoms in total. The summed E-state index contributed by atoms with van der Waals surface area (Å²) in [5.41, 5.74) is 1.62. The fraction of sp³-hybridized carbons (Fsp3) is 0.524. The second-order valence-corrected chi connectivity index (χ2v) is 8.80. The summed E-state index contributed by atoms with van der Waals surface area (Å²) >= 11 is 12.3. The molecule has 0 N–H and O–H groups in total. The van der Waals surface area contributed by atoms with Crippen LogP contribution in [-0.2, 0) is 0 Å². The first-order chi connectivity index (χ1) is 13.6. The summed E-state index contributed by atoms with van der Waals surface area (Å²) in [5.74, 6) is 1.75. The third-order valence-electron chi connectivity index (χ3n) is 5.79. The van der Waals surface area contributed by atoms with Gasteiger partial charge in [-0.05, 0) is 62.7 Å². The van der Waals surface area contributed by atoms with E-state index in [9.17, 15) is 0 Å². The molecule has 0 bridgehead atoms. The minimum atomic E-state index is 0.594. The summed E-state index contributed by atoms with van der Waals surface area (Å²) < 4.78 is 0. The maximum atomic E-state index is 6.29. The number of rotatable bonds is 4. The van der Waals surface area contributed by atoms with Crippen LogP contribution in [0.5, 0.6) is 0 Å². The summed E-state index contributed by atoms with van der Waals surface area (Å²) in [6.07, 6.45) is 2.70. The average Bonchev–Trinajstić information content (AvgIpc) is 2.69. The molecule has 0 radical (unpaired) electrons. The van der Waals surface area contributed by atoms with Crippen molar-refractivity contribution in [1.29, 1.82) is 0 Å². The van der Waals surface area contributed by atoms with Crippen molar-refractivity contribution in [2.24, 2.45) is 5.92 Å². The Morgan fingerprint density at radius 2 is 1.82 bits per heavy atom. The minimum Gasteiger partial charge on any atom is -0.353 e. The lowest BCUT2D eigenvalue weighted by Crippen LogP contribution is -2.49. The second kappa shape index (κ2) is 8.95. The minimum absolute atomic E-state index is 0.594. The van der Waals surface area contributed by atoms with E-state index in [1.165, 1.54) is 32.5 Å². The van der Waals surface area contributed by atoms with Crippen molar-refractivity contribution in [2.45, 2.75) is 12.8 Å². The smallest absolute Gasteiger partial charge is 0.151 e. The zero-order chi connectivity index (χ0) is 19.5. The number of hydrogen-bond acceptors (Lipinski definition) is 5. The Morgan fingerprint density at radius 3 is 2.50 bits per heavy atom. The fourth-order valence-electron chi connectivity index (χ4n) is 4.28. The molecule has 2 aromatic rings. The standard InChI is InChI=1S/C21H27Cl2N5/c1-26-8-2-3-16(14-26)15-27-9-11-28(12-10-27)21-7-6-20(24-25-21)18-5-4-17(22)13-19(18)23/h4-7,13,16H,2-3,8-12,14-15H2,1H3. The molecule has 2 saturated heterocycles. The van der Waals surface area contributed by atoms with Gasteiger partial charge in [0.15, 0.2) is 5.82 Å². The molecule has 0 spiro atoms. The Hall–Kier alpha value is -1.40. The molecule has 7 heteroatoms. The van der Waals surface area contributed by atoms with Gasteiger partial charge in [0.1, 0.15) is 0 Å². The van der Waals surface area contributed by atoms with Crippen LogP contribution in [0.2, 0.25) is 10.0 Å². The van der Waals surface area contributed by atoms with Gasteiger partial charge in [0.2, 0.25) is 0 Å². The topological polar surface area (TPSA) is 35.5 Å². The summed E-state index contributed by atoms with van der Waals surface area (Å²) in [6.45, 7) is 7.88. The van der Waals surface area contributed by atoms with Crippen molar-refractivity contribution in [1.82, 2.24) is 20.0 Å². The van der Waals surface area contributed by atoms with E-state index in [0.29, 0.717) is 10.0 Å². The highest BCUT2D eigenvalue weighted by molar-refractivity contribution is 6.36. The zero-order valence-corrected chi connectivity index (χ0v) is 17.8. The first-order valence-electron chi connectivity index (χ1n) is 10.0. The molecule has 1 atom stereocenters. The van der Waals surface area contributed by atoms with Crippen LogP contribution in [0.25, 0.3) is 11.3 Å². The van der Waals surface area contributed by atoms with Gasteiger partial charge in [-0.3, -0.25) is 4.90 Å². The molecule has 4 rings (SSSR count). The largest absolute Gasteiger partial charge is 0.353 e. The zero-order valence-electron chi connectivity index (χ0n) is 16.3. The van der Waals surface area contributed by atoms with Gasteiger partial charge < -0.3 is 9.80 Å². The van der Waals surface area contributed by atoms with Crippen LogP contribution < -0.4 is 4.90 Å². The highest BCUT2D eigenvalue weighted by Crippen LogP contribution is 2.29. The predicted molar refractivity (Wildman–Crippen MR) is 116 cm³/mol. The van der Waals surface area contributed by atoms with Gasteiger partial charge in [0, 0.05) is 49.9 Å². The van der Waals surface area contributed by atoms with Crippen LogP contribution in [0.15, 0.2) is 30.3 Å². The number of hydrogen-bond donors (Lipinski definition) is 0. The first-order valence-corrected chi connectivity index (χ1v) is 10.8. The van der Waals surface area contributed by atoms with Crippen molar-refractivity contribution in [3.63, 3.8) is 0 Å². The van der Waals surface area contributed by atoms with Crippen LogP contribution in [0.3, 0.4) is 0 Å². The van der Waals surface area contributed by atoms with E-state index in [1.54, 1.807) is 6.07 Å². The number of nitrogens with zero attached hydrogens (tertiary/aromatic N) is 5. The van der Waals surface area contributed by atoms with E-state index < -0.39 is 0 Å². The molecule has 150 valence electrons. The molecule has 1 aromatic heterocycles. The summed E-state index contributed by atoms with van der Waals surface area (Å²) in [4.78, 5) is 7.40. The number of piperidine rings is 1. The number of likely N-dealkylation sites (tertiary alicyclic amines) is 1. The third-order valence-corrected chi connectivity index (χ3v) is 6.34. The van der Waals surface area contributed by atoms with E-state index in [2.05, 4.69) is 31.9 Å². The lowest BCUT2D eigenvalue weighted by atomic mass is 9.97. The molecule has 28 heavy (non-hydrogen) atoms. The molecule has 0 saturated carbocycles. The van der Waals surface area contributed by atoms with Gasteiger partial charge in [0.25, 0.3) is 0 Å². The quantitative estimate of drug-likeness (QED) is 0.750. The predicted octanol–water partition coefficient (Wildman–Crippen LogP) is 3.91. The van der Waals surface area contributed by atoms with Gasteiger partial charge in [-0.2, -0.15) is 0 Å². The number of aromatic nitrogens is 2. The van der Waals surface area contributed by atoms with Crippen LogP contribution in [0.1, 0.15) is 12.8 Å². The van der Waals surface area contributed by atoms with E-state index in [1.807, 2.05) is 24.3 Å². The monoisotopic (exact) mass is 419 g/mol. The van der Waals surface area contributed by atoms with Crippen molar-refractivity contribution >= 4 is 29.0 Å². The molecule has 0 aliphatic carbocycles. The highest BCUT2D eigenvalue weighted by Gasteiger charge is 2.23. The Kier molecular flexibility index (Phi) is 6.36. The third kappa shape index (κ3) is 4.77. The average molecular weight is 420 g/mol. The van der Waals surface area contributed by atoms with Crippen molar-refractivity contribution in [2.75, 3.05) is 57.8 Å². The highest BCUT2D eigenvalue weighted by atomic mass is 35.5. The van der Waals surface area contributed by atoms with Crippen LogP contribution in [0, 0.1) is 5.92 Å². The summed E-state index contributed by atoms with van der Waals surface area (Å²) in [7, 11) is 2.24. The first kappa shape index (κ1) is 19.9. The van der Waals surface area contributed by atoms with Gasteiger partial charge in [-0.1, -0.05) is 23.2 Å². The Labute approximate surface area is 177 Å². The van der Waals surface area contributed by atoms with Crippen LogP contribution in [0.4, 0.5) is 5.82 Å². The van der Waals surface area contributed by atoms with E-state index in [0.717, 1.165) is 49.2 Å². The van der Waals surface area contributed by atoms with E-state index in [-0.39, 0.29) is 0 Å². The maximum absolute atomic E-state index is 6.29. The lowest BCUT2D eigenvalue weighted by Gasteiger charge is -2.38. The van der Waals surface area contributed by atoms with Gasteiger partial charge in [-0.15, -0.1) is 10.2 Å². The van der Waals surface area contributed by atoms with Gasteiger partial charge in [-0.25, -0.2) is 0 Å². The van der Waals surface area contributed by atoms with Crippen LogP contribution >= 0.6 is 23.2 Å². The van der Waals surface area contributed by atoms with Crippen LogP contribution in [-0.4, -0.2) is 72.9 Å². The van der Waals surface area contributed by atoms with E-state index >= 15 is 0 Å². The Morgan fingerprint density at radius 1 is 1.00 bits per heavy atom. The van der Waals surface area contributed by atoms with Gasteiger partial charge in [0.05, 0.1) is 10.7 Å². The van der Waals surface area contributed by atoms with Crippen molar-refractivity contribution in [3.05, 3.63) is 40.4 Å². The summed E-state index contributed by atoms with van der Waals surface area (Å²) in [5, 5.41) is 10.1. The molecule has 1 aromatic carbocycles. The Bertz CT molecular complexity index is 790. The fourth-order valence-corrected chi connectivity index (χ4v) is 4.79. The number of anilines is 1. The maximum Gasteiger partial charge on any atom is 0.151 e. The molecule has 3 heterocycles. The molecular formula is C21H27Cl2N5. The molecular weight excluding hydrogens is 393 g/mol. The molecule has 1 unspecified atom stereocenters. The number of halogens is 2. The lowest BCUT2D eigenvalue weighted by molar-refractivity contribution is 0.147. The second-order valence-electron chi connectivity index (χ2n) is 7.96. The van der Waals surface area contributed by atoms with E-state index in [4.69, 9.17) is 23.2 Å². The van der Waals surface area contributed by atoms with Crippen molar-refractivity contribution < 1.29 is 0 Å². The number of piperazine rings is 1. The van der Waals surface area contributed by atoms with Gasteiger partial charge >= 0.3 is 0 Å². The van der Waals surface area contributed by atoms with Crippen molar-refractivity contribution in [3.8, 4) is 11.3 Å². The molecule has 2 aliphatic heterocycles. The molecule has 2 fully saturated rings. The number of benzene rings is 1. The SMILES string of the molecule is CN1CCCC(CN2CCN(c3ccc(-c4ccc(Cl)cc4Cl)nn3)CC2)C1. The normalized spacial score (nSPS) is 21.8.